The number of fused-ring (bicyclic) bond motifs is 1. The van der Waals surface area contributed by atoms with Crippen LogP contribution in [-0.4, -0.2) is 62.2 Å². The van der Waals surface area contributed by atoms with E-state index in [1.54, 1.807) is 42.3 Å². The number of rotatable bonds is 8. The van der Waals surface area contributed by atoms with Crippen LogP contribution in [0, 0.1) is 0 Å². The predicted molar refractivity (Wildman–Crippen MR) is 126 cm³/mol. The molecule has 1 saturated heterocycles. The highest BCUT2D eigenvalue weighted by Gasteiger charge is 2.47. The molecule has 182 valence electrons. The lowest BCUT2D eigenvalue weighted by molar-refractivity contribution is 0.0427. The first kappa shape index (κ1) is 23.7. The summed E-state index contributed by atoms with van der Waals surface area (Å²) in [4.78, 5) is 28.1. The van der Waals surface area contributed by atoms with Gasteiger partial charge in [-0.1, -0.05) is 0 Å². The van der Waals surface area contributed by atoms with Crippen LogP contribution in [0.2, 0.25) is 0 Å². The highest BCUT2D eigenvalue weighted by Crippen LogP contribution is 2.42. The fraction of sp³-hybridized carbons (Fsp3) is 0.462. The van der Waals surface area contributed by atoms with Gasteiger partial charge in [-0.2, -0.15) is 0 Å². The molecule has 0 aliphatic carbocycles. The van der Waals surface area contributed by atoms with E-state index in [4.69, 9.17) is 23.7 Å². The second-order valence-electron chi connectivity index (χ2n) is 8.32. The Kier molecular flexibility index (Phi) is 6.86. The Bertz CT molecular complexity index is 1060. The molecule has 1 spiro atoms. The molecule has 4 rings (SSSR count). The third-order valence-corrected chi connectivity index (χ3v) is 6.06. The number of Topliss-reactive ketones (excluding diaryl/α,β-unsaturated/α-hetero) is 1. The SMILES string of the molecule is CCOc1cc(C(=O)N2CCC3(CC(=O)c4cc(OC)ccc4O3)C2)cc(OCC)c1OCC. The first-order chi connectivity index (χ1) is 16.4. The van der Waals surface area contributed by atoms with E-state index in [0.717, 1.165) is 0 Å². The van der Waals surface area contributed by atoms with Crippen molar-refractivity contribution in [1.29, 1.82) is 0 Å². The topological polar surface area (TPSA) is 83.5 Å². The van der Waals surface area contributed by atoms with Crippen molar-refractivity contribution in [3.8, 4) is 28.7 Å². The number of benzene rings is 2. The van der Waals surface area contributed by atoms with Gasteiger partial charge in [-0.15, -0.1) is 0 Å². The Morgan fingerprint density at radius 3 is 2.32 bits per heavy atom. The molecule has 2 heterocycles. The van der Waals surface area contributed by atoms with E-state index in [1.165, 1.54) is 0 Å². The van der Waals surface area contributed by atoms with Crippen LogP contribution < -0.4 is 23.7 Å². The van der Waals surface area contributed by atoms with Gasteiger partial charge in [0.25, 0.3) is 5.91 Å². The molecule has 1 amide bonds. The molecule has 2 aromatic rings. The third-order valence-electron chi connectivity index (χ3n) is 6.06. The van der Waals surface area contributed by atoms with Crippen LogP contribution >= 0.6 is 0 Å². The van der Waals surface area contributed by atoms with Crippen molar-refractivity contribution in [2.24, 2.45) is 0 Å². The molecule has 0 N–H and O–H groups in total. The van der Waals surface area contributed by atoms with E-state index in [0.29, 0.717) is 79.2 Å². The van der Waals surface area contributed by atoms with Crippen molar-refractivity contribution >= 4 is 11.7 Å². The first-order valence-electron chi connectivity index (χ1n) is 11.7. The summed E-state index contributed by atoms with van der Waals surface area (Å²) in [5, 5.41) is 0. The zero-order chi connectivity index (χ0) is 24.3. The van der Waals surface area contributed by atoms with Crippen molar-refractivity contribution in [2.45, 2.75) is 39.2 Å². The zero-order valence-corrected chi connectivity index (χ0v) is 20.1. The minimum absolute atomic E-state index is 0.00668. The molecule has 8 nitrogen and oxygen atoms in total. The van der Waals surface area contributed by atoms with Gasteiger partial charge in [-0.3, -0.25) is 9.59 Å². The summed E-state index contributed by atoms with van der Waals surface area (Å²) in [6, 6.07) is 8.62. The summed E-state index contributed by atoms with van der Waals surface area (Å²) in [6.07, 6.45) is 0.790. The van der Waals surface area contributed by atoms with Crippen molar-refractivity contribution in [3.63, 3.8) is 0 Å². The summed E-state index contributed by atoms with van der Waals surface area (Å²) in [6.45, 7) is 7.74. The lowest BCUT2D eigenvalue weighted by Crippen LogP contribution is -2.45. The van der Waals surface area contributed by atoms with E-state index in [-0.39, 0.29) is 18.1 Å². The number of hydrogen-bond acceptors (Lipinski definition) is 7. The van der Waals surface area contributed by atoms with E-state index >= 15 is 0 Å². The Balaban J connectivity index is 1.58. The van der Waals surface area contributed by atoms with Crippen molar-refractivity contribution in [2.75, 3.05) is 40.0 Å². The number of nitrogens with zero attached hydrogens (tertiary/aromatic N) is 1. The predicted octanol–water partition coefficient (Wildman–Crippen LogP) is 4.14. The maximum Gasteiger partial charge on any atom is 0.254 e. The standard InChI is InChI=1S/C26H31NO7/c1-5-31-22-12-17(13-23(32-6-2)24(22)33-7-3)25(29)27-11-10-26(16-27)15-20(28)19-14-18(30-4)8-9-21(19)34-26/h8-9,12-14H,5-7,10-11,15-16H2,1-4H3. The van der Waals surface area contributed by atoms with Gasteiger partial charge in [0.1, 0.15) is 17.1 Å². The summed E-state index contributed by atoms with van der Waals surface area (Å²) in [5.74, 6) is 2.41. The van der Waals surface area contributed by atoms with Gasteiger partial charge in [-0.05, 0) is 51.1 Å². The minimum atomic E-state index is -0.731. The molecular formula is C26H31NO7. The molecule has 2 aliphatic heterocycles. The number of hydrogen-bond donors (Lipinski definition) is 0. The van der Waals surface area contributed by atoms with Gasteiger partial charge in [0.2, 0.25) is 5.75 Å². The lowest BCUT2D eigenvalue weighted by atomic mass is 9.89. The fourth-order valence-corrected chi connectivity index (χ4v) is 4.54. The summed E-state index contributed by atoms with van der Waals surface area (Å²) < 4.78 is 28.8. The van der Waals surface area contributed by atoms with Crippen LogP contribution in [0.3, 0.4) is 0 Å². The van der Waals surface area contributed by atoms with Crippen LogP contribution in [0.1, 0.15) is 54.3 Å². The largest absolute Gasteiger partial charge is 0.497 e. The zero-order valence-electron chi connectivity index (χ0n) is 20.1. The Morgan fingerprint density at radius 2 is 1.71 bits per heavy atom. The lowest BCUT2D eigenvalue weighted by Gasteiger charge is -2.34. The van der Waals surface area contributed by atoms with Gasteiger partial charge in [-0.25, -0.2) is 0 Å². The molecular weight excluding hydrogens is 438 g/mol. The number of amides is 1. The van der Waals surface area contributed by atoms with Crippen LogP contribution in [0.5, 0.6) is 28.7 Å². The Labute approximate surface area is 199 Å². The van der Waals surface area contributed by atoms with E-state index in [1.807, 2.05) is 20.8 Å². The molecule has 0 radical (unpaired) electrons. The quantitative estimate of drug-likeness (QED) is 0.575. The third kappa shape index (κ3) is 4.49. The molecule has 1 unspecified atom stereocenters. The molecule has 2 aliphatic rings. The smallest absolute Gasteiger partial charge is 0.254 e. The number of carbonyl (C=O) groups excluding carboxylic acids is 2. The van der Waals surface area contributed by atoms with Crippen molar-refractivity contribution in [1.82, 2.24) is 4.90 Å². The van der Waals surface area contributed by atoms with Crippen LogP contribution in [0.25, 0.3) is 0 Å². The van der Waals surface area contributed by atoms with E-state index < -0.39 is 5.60 Å². The molecule has 0 bridgehead atoms. The number of ketones is 1. The van der Waals surface area contributed by atoms with Crippen LogP contribution in [-0.2, 0) is 0 Å². The van der Waals surface area contributed by atoms with Crippen LogP contribution in [0.15, 0.2) is 30.3 Å². The Hall–Kier alpha value is -3.42. The van der Waals surface area contributed by atoms with Gasteiger partial charge in [0, 0.05) is 18.5 Å². The second-order valence-corrected chi connectivity index (χ2v) is 8.32. The van der Waals surface area contributed by atoms with Gasteiger partial charge >= 0.3 is 0 Å². The van der Waals surface area contributed by atoms with E-state index in [2.05, 4.69) is 0 Å². The second kappa shape index (κ2) is 9.83. The maximum absolute atomic E-state index is 13.5. The summed E-state index contributed by atoms with van der Waals surface area (Å²) in [7, 11) is 1.56. The number of methoxy groups -OCH3 is 1. The summed E-state index contributed by atoms with van der Waals surface area (Å²) >= 11 is 0. The molecule has 1 fully saturated rings. The number of ether oxygens (including phenoxy) is 5. The molecule has 34 heavy (non-hydrogen) atoms. The molecule has 2 aromatic carbocycles. The van der Waals surface area contributed by atoms with Gasteiger partial charge in [0.05, 0.1) is 45.5 Å². The highest BCUT2D eigenvalue weighted by atomic mass is 16.5. The maximum atomic E-state index is 13.5. The van der Waals surface area contributed by atoms with Crippen molar-refractivity contribution < 1.29 is 33.3 Å². The van der Waals surface area contributed by atoms with Crippen molar-refractivity contribution in [3.05, 3.63) is 41.5 Å². The van der Waals surface area contributed by atoms with Gasteiger partial charge in [0.15, 0.2) is 17.3 Å². The Morgan fingerprint density at radius 1 is 1.03 bits per heavy atom. The van der Waals surface area contributed by atoms with E-state index in [9.17, 15) is 9.59 Å². The normalized spacial score (nSPS) is 18.9. The molecule has 1 atom stereocenters. The number of likely N-dealkylation sites (tertiary alicyclic amines) is 1. The molecule has 0 aromatic heterocycles. The molecule has 0 saturated carbocycles. The first-order valence-corrected chi connectivity index (χ1v) is 11.7. The minimum Gasteiger partial charge on any atom is -0.497 e. The van der Waals surface area contributed by atoms with Crippen LogP contribution in [0.4, 0.5) is 0 Å². The fourth-order valence-electron chi connectivity index (χ4n) is 4.54. The molecule has 8 heteroatoms. The average molecular weight is 470 g/mol. The number of carbonyl (C=O) groups is 2. The summed E-state index contributed by atoms with van der Waals surface area (Å²) in [5.41, 5.74) is 0.231. The monoisotopic (exact) mass is 469 g/mol. The average Bonchev–Trinajstić information content (AvgIpc) is 3.23. The highest BCUT2D eigenvalue weighted by molar-refractivity contribution is 6.01. The van der Waals surface area contributed by atoms with Gasteiger partial charge < -0.3 is 28.6 Å².